The van der Waals surface area contributed by atoms with Gasteiger partial charge in [0.2, 0.25) is 0 Å². The van der Waals surface area contributed by atoms with Crippen LogP contribution in [-0.4, -0.2) is 20.5 Å². The average Bonchev–Trinajstić information content (AvgIpc) is 3.18. The Labute approximate surface area is 169 Å². The molecule has 28 heavy (non-hydrogen) atoms. The molecule has 2 aromatic carbocycles. The highest BCUT2D eigenvalue weighted by Gasteiger charge is 2.12. The molecule has 4 rings (SSSR count). The molecule has 0 unspecified atom stereocenters. The Kier molecular flexibility index (Phi) is 5.18. The lowest BCUT2D eigenvalue weighted by Gasteiger charge is -2.06. The number of ether oxygens (including phenoxy) is 1. The highest BCUT2D eigenvalue weighted by atomic mass is 35.5. The van der Waals surface area contributed by atoms with Gasteiger partial charge < -0.3 is 4.74 Å². The van der Waals surface area contributed by atoms with E-state index in [1.54, 1.807) is 30.3 Å². The van der Waals surface area contributed by atoms with Crippen LogP contribution in [0.3, 0.4) is 0 Å². The number of benzene rings is 2. The quantitative estimate of drug-likeness (QED) is 0.465. The molecule has 0 N–H and O–H groups in total. The maximum absolute atomic E-state index is 12.4. The number of carbonyl (C=O) groups is 1. The lowest BCUT2D eigenvalue weighted by atomic mass is 10.2. The van der Waals surface area contributed by atoms with E-state index in [0.29, 0.717) is 21.6 Å². The van der Waals surface area contributed by atoms with Gasteiger partial charge in [0.1, 0.15) is 18.2 Å². The van der Waals surface area contributed by atoms with Crippen LogP contribution < -0.4 is 5.56 Å². The lowest BCUT2D eigenvalue weighted by molar-refractivity contribution is -0.145. The van der Waals surface area contributed by atoms with Crippen LogP contribution in [0.4, 0.5) is 0 Å². The minimum absolute atomic E-state index is 0.0234. The lowest BCUT2D eigenvalue weighted by Crippen LogP contribution is -2.25. The molecule has 0 spiro atoms. The second-order valence-electron chi connectivity index (χ2n) is 5.98. The molecule has 0 atom stereocenters. The molecule has 0 radical (unpaired) electrons. The molecule has 2 heterocycles. The van der Waals surface area contributed by atoms with E-state index in [1.807, 2.05) is 23.6 Å². The first-order valence-electron chi connectivity index (χ1n) is 8.41. The molecular weight excluding hydrogens is 398 g/mol. The highest BCUT2D eigenvalue weighted by molar-refractivity contribution is 7.13. The topological polar surface area (TPSA) is 74.1 Å². The van der Waals surface area contributed by atoms with Crippen LogP contribution in [0.2, 0.25) is 5.02 Å². The predicted octanol–water partition coefficient (Wildman–Crippen LogP) is 3.92. The van der Waals surface area contributed by atoms with E-state index in [1.165, 1.54) is 22.2 Å². The second kappa shape index (κ2) is 7.92. The number of aromatic nitrogens is 3. The van der Waals surface area contributed by atoms with Crippen LogP contribution in [0, 0.1) is 0 Å². The van der Waals surface area contributed by atoms with E-state index >= 15 is 0 Å². The van der Waals surface area contributed by atoms with Gasteiger partial charge in [-0.15, -0.1) is 11.3 Å². The Morgan fingerprint density at radius 2 is 1.93 bits per heavy atom. The monoisotopic (exact) mass is 411 g/mol. The fourth-order valence-corrected chi connectivity index (χ4v) is 3.81. The SMILES string of the molecule is O=C(Cn1cnc2ccccc2c1=O)OCc1csc(-c2ccccc2Cl)n1. The van der Waals surface area contributed by atoms with Crippen molar-refractivity contribution in [1.29, 1.82) is 0 Å². The second-order valence-corrected chi connectivity index (χ2v) is 7.24. The first-order valence-corrected chi connectivity index (χ1v) is 9.67. The Hall–Kier alpha value is -3.03. The summed E-state index contributed by atoms with van der Waals surface area (Å²) in [6.45, 7) is -0.187. The Morgan fingerprint density at radius 1 is 1.14 bits per heavy atom. The van der Waals surface area contributed by atoms with Crippen LogP contribution in [0.5, 0.6) is 0 Å². The summed E-state index contributed by atoms with van der Waals surface area (Å²) in [5.74, 6) is -0.536. The molecule has 8 heteroatoms. The summed E-state index contributed by atoms with van der Waals surface area (Å²) in [7, 11) is 0. The average molecular weight is 412 g/mol. The van der Waals surface area contributed by atoms with Crippen molar-refractivity contribution in [1.82, 2.24) is 14.5 Å². The van der Waals surface area contributed by atoms with Crippen LogP contribution in [-0.2, 0) is 22.7 Å². The molecule has 140 valence electrons. The number of hydrogen-bond acceptors (Lipinski definition) is 6. The Balaban J connectivity index is 1.42. The molecular formula is C20H14ClN3O3S. The molecule has 0 saturated heterocycles. The van der Waals surface area contributed by atoms with Gasteiger partial charge in [-0.2, -0.15) is 0 Å². The molecule has 4 aromatic rings. The minimum atomic E-state index is -0.536. The first kappa shape index (κ1) is 18.3. The van der Waals surface area contributed by atoms with Crippen LogP contribution >= 0.6 is 22.9 Å². The number of nitrogens with zero attached hydrogens (tertiary/aromatic N) is 3. The molecule has 0 bridgehead atoms. The molecule has 2 aromatic heterocycles. The molecule has 0 aliphatic rings. The number of rotatable bonds is 5. The molecule has 0 aliphatic carbocycles. The van der Waals surface area contributed by atoms with E-state index in [0.717, 1.165) is 10.6 Å². The zero-order valence-corrected chi connectivity index (χ0v) is 16.1. The predicted molar refractivity (Wildman–Crippen MR) is 108 cm³/mol. The molecule has 0 amide bonds. The fourth-order valence-electron chi connectivity index (χ4n) is 2.69. The van der Waals surface area contributed by atoms with Crippen molar-refractivity contribution in [2.75, 3.05) is 0 Å². The van der Waals surface area contributed by atoms with Gasteiger partial charge in [-0.1, -0.05) is 41.9 Å². The molecule has 0 saturated carbocycles. The van der Waals surface area contributed by atoms with Crippen LogP contribution in [0.25, 0.3) is 21.5 Å². The van der Waals surface area contributed by atoms with Gasteiger partial charge in [0.25, 0.3) is 5.56 Å². The molecule has 6 nitrogen and oxygen atoms in total. The summed E-state index contributed by atoms with van der Waals surface area (Å²) in [5, 5.41) is 3.65. The van der Waals surface area contributed by atoms with Crippen molar-refractivity contribution in [3.8, 4) is 10.6 Å². The summed E-state index contributed by atoms with van der Waals surface area (Å²) in [5.41, 5.74) is 1.77. The number of para-hydroxylation sites is 1. The van der Waals surface area contributed by atoms with E-state index < -0.39 is 5.97 Å². The maximum Gasteiger partial charge on any atom is 0.326 e. The van der Waals surface area contributed by atoms with Gasteiger partial charge in [0.05, 0.1) is 27.9 Å². The number of halogens is 1. The summed E-state index contributed by atoms with van der Waals surface area (Å²) < 4.78 is 6.50. The number of thiazole rings is 1. The van der Waals surface area contributed by atoms with Crippen LogP contribution in [0.1, 0.15) is 5.69 Å². The van der Waals surface area contributed by atoms with Crippen molar-refractivity contribution in [3.63, 3.8) is 0 Å². The van der Waals surface area contributed by atoms with Gasteiger partial charge in [-0.25, -0.2) is 9.97 Å². The Morgan fingerprint density at radius 3 is 2.79 bits per heavy atom. The van der Waals surface area contributed by atoms with Crippen molar-refractivity contribution in [2.24, 2.45) is 0 Å². The van der Waals surface area contributed by atoms with Crippen molar-refractivity contribution in [3.05, 3.63) is 81.3 Å². The van der Waals surface area contributed by atoms with Gasteiger partial charge in [-0.05, 0) is 18.2 Å². The van der Waals surface area contributed by atoms with E-state index in [9.17, 15) is 9.59 Å². The zero-order chi connectivity index (χ0) is 19.5. The third-order valence-corrected chi connectivity index (χ3v) is 5.32. The summed E-state index contributed by atoms with van der Waals surface area (Å²) in [4.78, 5) is 33.2. The third kappa shape index (κ3) is 3.81. The van der Waals surface area contributed by atoms with E-state index in [-0.39, 0.29) is 18.7 Å². The molecule has 0 aliphatic heterocycles. The standard InChI is InChI=1S/C20H14ClN3O3S/c21-16-7-3-1-5-14(16)19-23-13(11-28-19)10-27-18(25)9-24-12-22-17-8-4-2-6-15(17)20(24)26/h1-8,11-12H,9-10H2. The van der Waals surface area contributed by atoms with Crippen molar-refractivity contribution < 1.29 is 9.53 Å². The fraction of sp³-hybridized carbons (Fsp3) is 0.100. The van der Waals surface area contributed by atoms with Crippen molar-refractivity contribution >= 4 is 39.8 Å². The maximum atomic E-state index is 12.4. The number of hydrogen-bond donors (Lipinski definition) is 0. The van der Waals surface area contributed by atoms with Crippen molar-refractivity contribution in [2.45, 2.75) is 13.2 Å². The summed E-state index contributed by atoms with van der Waals surface area (Å²) in [6.07, 6.45) is 1.35. The highest BCUT2D eigenvalue weighted by Crippen LogP contribution is 2.30. The molecule has 0 fully saturated rings. The van der Waals surface area contributed by atoms with Gasteiger partial charge >= 0.3 is 5.97 Å². The normalized spacial score (nSPS) is 10.9. The number of esters is 1. The largest absolute Gasteiger partial charge is 0.458 e. The van der Waals surface area contributed by atoms with Gasteiger partial charge in [0.15, 0.2) is 0 Å². The number of fused-ring (bicyclic) bond motifs is 1. The van der Waals surface area contributed by atoms with E-state index in [4.69, 9.17) is 16.3 Å². The summed E-state index contributed by atoms with van der Waals surface area (Å²) in [6, 6.07) is 14.4. The third-order valence-electron chi connectivity index (χ3n) is 4.07. The van der Waals surface area contributed by atoms with Gasteiger partial charge in [-0.3, -0.25) is 14.2 Å². The zero-order valence-electron chi connectivity index (χ0n) is 14.5. The van der Waals surface area contributed by atoms with Gasteiger partial charge in [0, 0.05) is 10.9 Å². The van der Waals surface area contributed by atoms with Crippen LogP contribution in [0.15, 0.2) is 65.0 Å². The smallest absolute Gasteiger partial charge is 0.326 e. The summed E-state index contributed by atoms with van der Waals surface area (Å²) >= 11 is 7.61. The first-order chi connectivity index (χ1) is 13.6. The minimum Gasteiger partial charge on any atom is -0.458 e. The number of carbonyl (C=O) groups excluding carboxylic acids is 1. The van der Waals surface area contributed by atoms with E-state index in [2.05, 4.69) is 9.97 Å². The Bertz CT molecular complexity index is 1220.